The second kappa shape index (κ2) is 2.48. The van der Waals surface area contributed by atoms with Crippen molar-refractivity contribution in [3.63, 3.8) is 0 Å². The van der Waals surface area contributed by atoms with Crippen LogP contribution in [0.5, 0.6) is 0 Å². The van der Waals surface area contributed by atoms with Gasteiger partial charge in [0, 0.05) is 12.2 Å². The summed E-state index contributed by atoms with van der Waals surface area (Å²) in [5.41, 5.74) is 6.58. The van der Waals surface area contributed by atoms with Crippen molar-refractivity contribution >= 4 is 5.91 Å². The molecule has 4 heteroatoms. The molecule has 0 fully saturated rings. The summed E-state index contributed by atoms with van der Waals surface area (Å²) in [6, 6.07) is 3.84. The molecular weight excluding hydrogens is 178 g/mol. The Labute approximate surface area is 81.4 Å². The first-order valence-electron chi connectivity index (χ1n) is 4.69. The number of amides is 1. The highest BCUT2D eigenvalue weighted by Crippen LogP contribution is 2.28. The topological polar surface area (TPSA) is 60.0 Å². The molecule has 3 rings (SSSR count). The van der Waals surface area contributed by atoms with Crippen LogP contribution in [0.1, 0.15) is 16.5 Å². The summed E-state index contributed by atoms with van der Waals surface area (Å²) in [5, 5.41) is 2.92. The zero-order valence-electron chi connectivity index (χ0n) is 7.55. The summed E-state index contributed by atoms with van der Waals surface area (Å²) < 4.78 is 1.98. The molecule has 0 saturated heterocycles. The zero-order chi connectivity index (χ0) is 9.71. The van der Waals surface area contributed by atoms with Gasteiger partial charge in [0.15, 0.2) is 0 Å². The van der Waals surface area contributed by atoms with Crippen molar-refractivity contribution in [2.45, 2.75) is 18.1 Å². The third-order valence-electron chi connectivity index (χ3n) is 2.94. The lowest BCUT2D eigenvalue weighted by Crippen LogP contribution is -2.52. The Morgan fingerprint density at radius 3 is 3.14 bits per heavy atom. The molecule has 1 aromatic heterocycles. The molecule has 1 aliphatic carbocycles. The lowest BCUT2D eigenvalue weighted by Gasteiger charge is -2.31. The average molecular weight is 189 g/mol. The number of hydrogen-bond acceptors (Lipinski definition) is 2. The summed E-state index contributed by atoms with van der Waals surface area (Å²) in [7, 11) is 0. The van der Waals surface area contributed by atoms with Crippen LogP contribution in [0.2, 0.25) is 0 Å². The van der Waals surface area contributed by atoms with Gasteiger partial charge in [0.1, 0.15) is 5.69 Å². The van der Waals surface area contributed by atoms with Gasteiger partial charge in [0.25, 0.3) is 5.91 Å². The van der Waals surface area contributed by atoms with E-state index in [1.807, 2.05) is 29.0 Å². The van der Waals surface area contributed by atoms with E-state index < -0.39 is 0 Å². The molecule has 3 atom stereocenters. The highest BCUT2D eigenvalue weighted by molar-refractivity contribution is 5.94. The molecule has 4 nitrogen and oxygen atoms in total. The largest absolute Gasteiger partial charge is 0.344 e. The summed E-state index contributed by atoms with van der Waals surface area (Å²) in [5.74, 6) is -0.0320. The minimum atomic E-state index is -0.0699. The zero-order valence-corrected chi connectivity index (χ0v) is 7.55. The number of nitrogens with one attached hydrogen (secondary N) is 1. The van der Waals surface area contributed by atoms with Crippen LogP contribution >= 0.6 is 0 Å². The average Bonchev–Trinajstić information content (AvgIpc) is 2.74. The van der Waals surface area contributed by atoms with Gasteiger partial charge in [0.05, 0.1) is 12.1 Å². The molecule has 2 aliphatic rings. The van der Waals surface area contributed by atoms with E-state index in [-0.39, 0.29) is 24.0 Å². The standard InChI is InChI=1S/C10H11N3O/c11-6-3-4-7-9(6)12-10(14)8-2-1-5-13(7)8/h1-7,9H,11H2,(H,12,14). The van der Waals surface area contributed by atoms with E-state index in [2.05, 4.69) is 11.4 Å². The fourth-order valence-corrected chi connectivity index (χ4v) is 2.23. The van der Waals surface area contributed by atoms with Gasteiger partial charge in [-0.05, 0) is 12.1 Å². The Balaban J connectivity index is 2.12. The minimum Gasteiger partial charge on any atom is -0.344 e. The van der Waals surface area contributed by atoms with Crippen LogP contribution < -0.4 is 11.1 Å². The second-order valence-electron chi connectivity index (χ2n) is 3.75. The first-order chi connectivity index (χ1) is 6.77. The number of carbonyl (C=O) groups is 1. The molecule has 14 heavy (non-hydrogen) atoms. The molecule has 1 amide bonds. The van der Waals surface area contributed by atoms with Gasteiger partial charge in [-0.25, -0.2) is 0 Å². The van der Waals surface area contributed by atoms with Crippen molar-refractivity contribution in [1.29, 1.82) is 0 Å². The van der Waals surface area contributed by atoms with E-state index >= 15 is 0 Å². The van der Waals surface area contributed by atoms with Crippen molar-refractivity contribution in [1.82, 2.24) is 9.88 Å². The summed E-state index contributed by atoms with van der Waals surface area (Å²) in [6.07, 6.45) is 5.93. The van der Waals surface area contributed by atoms with Crippen LogP contribution in [-0.4, -0.2) is 22.6 Å². The van der Waals surface area contributed by atoms with Gasteiger partial charge in [-0.2, -0.15) is 0 Å². The first kappa shape index (κ1) is 7.82. The van der Waals surface area contributed by atoms with Crippen LogP contribution in [0.4, 0.5) is 0 Å². The van der Waals surface area contributed by atoms with Crippen LogP contribution in [0.3, 0.4) is 0 Å². The minimum absolute atomic E-state index is 0.0161. The van der Waals surface area contributed by atoms with E-state index in [9.17, 15) is 4.79 Å². The fourth-order valence-electron chi connectivity index (χ4n) is 2.23. The maximum Gasteiger partial charge on any atom is 0.268 e. The molecule has 0 spiro atoms. The second-order valence-corrected chi connectivity index (χ2v) is 3.75. The maximum atomic E-state index is 11.6. The normalized spacial score (nSPS) is 33.8. The van der Waals surface area contributed by atoms with Crippen molar-refractivity contribution in [3.05, 3.63) is 36.2 Å². The summed E-state index contributed by atoms with van der Waals surface area (Å²) in [4.78, 5) is 11.6. The Morgan fingerprint density at radius 2 is 2.29 bits per heavy atom. The molecular formula is C10H11N3O. The van der Waals surface area contributed by atoms with Gasteiger partial charge >= 0.3 is 0 Å². The van der Waals surface area contributed by atoms with E-state index in [0.29, 0.717) is 5.69 Å². The molecule has 3 N–H and O–H groups in total. The molecule has 1 aliphatic heterocycles. The predicted molar refractivity (Wildman–Crippen MR) is 51.8 cm³/mol. The van der Waals surface area contributed by atoms with Gasteiger partial charge < -0.3 is 15.6 Å². The molecule has 0 radical (unpaired) electrons. The first-order valence-corrected chi connectivity index (χ1v) is 4.69. The van der Waals surface area contributed by atoms with Crippen LogP contribution in [-0.2, 0) is 0 Å². The number of nitrogens with two attached hydrogens (primary N) is 1. The van der Waals surface area contributed by atoms with Crippen molar-refractivity contribution in [3.8, 4) is 0 Å². The quantitative estimate of drug-likeness (QED) is 0.566. The van der Waals surface area contributed by atoms with E-state index in [1.54, 1.807) is 0 Å². The maximum absolute atomic E-state index is 11.6. The van der Waals surface area contributed by atoms with Crippen molar-refractivity contribution in [2.75, 3.05) is 0 Å². The molecule has 0 bridgehead atoms. The third kappa shape index (κ3) is 0.834. The highest BCUT2D eigenvalue weighted by atomic mass is 16.2. The van der Waals surface area contributed by atoms with E-state index in [1.165, 1.54) is 0 Å². The van der Waals surface area contributed by atoms with Crippen LogP contribution in [0.25, 0.3) is 0 Å². The van der Waals surface area contributed by atoms with Crippen LogP contribution in [0.15, 0.2) is 30.5 Å². The van der Waals surface area contributed by atoms with Gasteiger partial charge in [-0.1, -0.05) is 12.2 Å². The van der Waals surface area contributed by atoms with Crippen molar-refractivity contribution < 1.29 is 4.79 Å². The number of aromatic nitrogens is 1. The molecule has 3 unspecified atom stereocenters. The SMILES string of the molecule is NC1C=CC2C1NC(=O)c1cccn12. The Kier molecular flexibility index (Phi) is 1.39. The number of rotatable bonds is 0. The Hall–Kier alpha value is -1.55. The molecule has 2 heterocycles. The number of hydrogen-bond donors (Lipinski definition) is 2. The van der Waals surface area contributed by atoms with Crippen molar-refractivity contribution in [2.24, 2.45) is 5.73 Å². The predicted octanol–water partition coefficient (Wildman–Crippen LogP) is 0.0383. The number of carbonyl (C=O) groups excluding carboxylic acids is 1. The fraction of sp³-hybridized carbons (Fsp3) is 0.300. The Morgan fingerprint density at radius 1 is 1.43 bits per heavy atom. The number of nitrogens with zero attached hydrogens (tertiary/aromatic N) is 1. The lowest BCUT2D eigenvalue weighted by molar-refractivity contribution is 0.0890. The van der Waals surface area contributed by atoms with Crippen LogP contribution in [0, 0.1) is 0 Å². The molecule has 1 aromatic rings. The van der Waals surface area contributed by atoms with Gasteiger partial charge in [-0.3, -0.25) is 4.79 Å². The summed E-state index contributed by atoms with van der Waals surface area (Å²) in [6.45, 7) is 0. The van der Waals surface area contributed by atoms with Gasteiger partial charge in [-0.15, -0.1) is 0 Å². The van der Waals surface area contributed by atoms with E-state index in [4.69, 9.17) is 5.73 Å². The summed E-state index contributed by atoms with van der Waals surface area (Å²) >= 11 is 0. The highest BCUT2D eigenvalue weighted by Gasteiger charge is 2.37. The monoisotopic (exact) mass is 189 g/mol. The van der Waals surface area contributed by atoms with E-state index in [0.717, 1.165) is 0 Å². The lowest BCUT2D eigenvalue weighted by atomic mass is 10.1. The smallest absolute Gasteiger partial charge is 0.268 e. The number of fused-ring (bicyclic) bond motifs is 3. The Bertz CT molecular complexity index is 421. The molecule has 72 valence electrons. The van der Waals surface area contributed by atoms with Gasteiger partial charge in [0.2, 0.25) is 0 Å². The molecule has 0 aromatic carbocycles. The third-order valence-corrected chi connectivity index (χ3v) is 2.94. The molecule has 0 saturated carbocycles.